The molecule has 0 aliphatic carbocycles. The van der Waals surface area contributed by atoms with E-state index in [9.17, 15) is 0 Å². The molecule has 1 aliphatic rings. The van der Waals surface area contributed by atoms with E-state index in [1.54, 1.807) is 0 Å². The van der Waals surface area contributed by atoms with Gasteiger partial charge in [0.2, 0.25) is 0 Å². The van der Waals surface area contributed by atoms with Crippen molar-refractivity contribution in [3.63, 3.8) is 0 Å². The molecule has 5 heteroatoms. The van der Waals surface area contributed by atoms with Gasteiger partial charge >= 0.3 is 0 Å². The summed E-state index contributed by atoms with van der Waals surface area (Å²) in [6.45, 7) is 7.70. The highest BCUT2D eigenvalue weighted by Crippen LogP contribution is 2.34. The van der Waals surface area contributed by atoms with Crippen LogP contribution < -0.4 is 5.32 Å². The Labute approximate surface area is 131 Å². The molecule has 1 N–H and O–H groups in total. The maximum absolute atomic E-state index is 4.68. The fraction of sp³-hybridized carbons (Fsp3) is 0.800. The normalized spacial score (nSPS) is 24.8. The standard InChI is InChI=1S/C15H27N3S2/c1-5-12-9-13(18(6-2)17-12)10-14(16-4)15-11(3)19-7-8-20-15/h9,11,14-16H,5-8,10H2,1-4H3. The highest BCUT2D eigenvalue weighted by molar-refractivity contribution is 8.07. The van der Waals surface area contributed by atoms with Gasteiger partial charge in [-0.1, -0.05) is 13.8 Å². The van der Waals surface area contributed by atoms with Crippen LogP contribution in [-0.4, -0.2) is 44.9 Å². The summed E-state index contributed by atoms with van der Waals surface area (Å²) in [5, 5.41) is 9.66. The molecule has 3 unspecified atom stereocenters. The summed E-state index contributed by atoms with van der Waals surface area (Å²) < 4.78 is 2.18. The maximum Gasteiger partial charge on any atom is 0.0624 e. The zero-order chi connectivity index (χ0) is 14.5. The van der Waals surface area contributed by atoms with Crippen LogP contribution in [0.1, 0.15) is 32.2 Å². The second-order valence-corrected chi connectivity index (χ2v) is 8.08. The van der Waals surface area contributed by atoms with Crippen molar-refractivity contribution in [3.8, 4) is 0 Å². The van der Waals surface area contributed by atoms with Crippen molar-refractivity contribution < 1.29 is 0 Å². The topological polar surface area (TPSA) is 29.9 Å². The first-order chi connectivity index (χ1) is 9.69. The van der Waals surface area contributed by atoms with Crippen molar-refractivity contribution in [3.05, 3.63) is 17.5 Å². The molecule has 1 fully saturated rings. The Balaban J connectivity index is 2.10. The van der Waals surface area contributed by atoms with Crippen molar-refractivity contribution >= 4 is 23.5 Å². The summed E-state index contributed by atoms with van der Waals surface area (Å²) in [7, 11) is 2.10. The number of thioether (sulfide) groups is 2. The van der Waals surface area contributed by atoms with Crippen LogP contribution in [0.25, 0.3) is 0 Å². The minimum absolute atomic E-state index is 0.537. The lowest BCUT2D eigenvalue weighted by atomic mass is 10.0. The van der Waals surface area contributed by atoms with Crippen LogP contribution in [-0.2, 0) is 19.4 Å². The molecule has 2 heterocycles. The van der Waals surface area contributed by atoms with E-state index in [0.29, 0.717) is 11.3 Å². The lowest BCUT2D eigenvalue weighted by Crippen LogP contribution is -2.44. The third kappa shape index (κ3) is 3.74. The lowest BCUT2D eigenvalue weighted by molar-refractivity contribution is 0.502. The second-order valence-electron chi connectivity index (χ2n) is 5.31. The zero-order valence-electron chi connectivity index (χ0n) is 13.1. The van der Waals surface area contributed by atoms with Gasteiger partial charge in [0.25, 0.3) is 0 Å². The molecule has 0 spiro atoms. The van der Waals surface area contributed by atoms with Crippen molar-refractivity contribution in [2.45, 2.75) is 56.7 Å². The van der Waals surface area contributed by atoms with Gasteiger partial charge in [0.15, 0.2) is 0 Å². The number of aromatic nitrogens is 2. The summed E-state index contributed by atoms with van der Waals surface area (Å²) in [4.78, 5) is 0. The Hall–Kier alpha value is -0.130. The summed E-state index contributed by atoms with van der Waals surface area (Å²) in [5.41, 5.74) is 2.60. The Bertz CT molecular complexity index is 419. The summed E-state index contributed by atoms with van der Waals surface area (Å²) >= 11 is 4.25. The van der Waals surface area contributed by atoms with Crippen LogP contribution in [0.3, 0.4) is 0 Å². The first kappa shape index (κ1) is 16.2. The van der Waals surface area contributed by atoms with Gasteiger partial charge in [-0.25, -0.2) is 0 Å². The molecule has 3 nitrogen and oxygen atoms in total. The minimum Gasteiger partial charge on any atom is -0.315 e. The van der Waals surface area contributed by atoms with E-state index in [-0.39, 0.29) is 0 Å². The molecule has 0 radical (unpaired) electrons. The Morgan fingerprint density at radius 1 is 1.40 bits per heavy atom. The molecular formula is C15H27N3S2. The molecule has 1 aromatic heterocycles. The zero-order valence-corrected chi connectivity index (χ0v) is 14.7. The number of nitrogens with one attached hydrogen (secondary N) is 1. The molecule has 0 aromatic carbocycles. The number of hydrogen-bond donors (Lipinski definition) is 1. The van der Waals surface area contributed by atoms with Gasteiger partial charge < -0.3 is 5.32 Å². The van der Waals surface area contributed by atoms with Gasteiger partial charge in [-0.2, -0.15) is 28.6 Å². The van der Waals surface area contributed by atoms with Crippen molar-refractivity contribution in [1.29, 1.82) is 0 Å². The van der Waals surface area contributed by atoms with Gasteiger partial charge in [-0.15, -0.1) is 0 Å². The van der Waals surface area contributed by atoms with Gasteiger partial charge in [-0.05, 0) is 26.5 Å². The predicted octanol–water partition coefficient (Wildman–Crippen LogP) is 2.83. The molecule has 3 atom stereocenters. The SMILES string of the molecule is CCc1cc(CC(NC)C2SCCSC2C)n(CC)n1. The van der Waals surface area contributed by atoms with Crippen LogP contribution >= 0.6 is 23.5 Å². The van der Waals surface area contributed by atoms with Crippen LogP contribution in [0.4, 0.5) is 0 Å². The summed E-state index contributed by atoms with van der Waals surface area (Å²) in [6.07, 6.45) is 2.11. The van der Waals surface area contributed by atoms with Crippen LogP contribution in [0.2, 0.25) is 0 Å². The van der Waals surface area contributed by atoms with E-state index in [2.05, 4.69) is 72.5 Å². The van der Waals surface area contributed by atoms with Crippen LogP contribution in [0.15, 0.2) is 6.07 Å². The number of nitrogens with zero attached hydrogens (tertiary/aromatic N) is 2. The Morgan fingerprint density at radius 2 is 2.15 bits per heavy atom. The third-order valence-electron chi connectivity index (χ3n) is 4.01. The van der Waals surface area contributed by atoms with Crippen molar-refractivity contribution in [2.24, 2.45) is 0 Å². The second kappa shape index (κ2) is 7.76. The first-order valence-electron chi connectivity index (χ1n) is 7.65. The van der Waals surface area contributed by atoms with E-state index in [4.69, 9.17) is 0 Å². The third-order valence-corrected chi connectivity index (χ3v) is 7.26. The smallest absolute Gasteiger partial charge is 0.0624 e. The van der Waals surface area contributed by atoms with Crippen molar-refractivity contribution in [1.82, 2.24) is 15.1 Å². The minimum atomic E-state index is 0.537. The van der Waals surface area contributed by atoms with E-state index in [1.165, 1.54) is 22.9 Å². The molecule has 20 heavy (non-hydrogen) atoms. The van der Waals surface area contributed by atoms with E-state index in [1.807, 2.05) is 0 Å². The predicted molar refractivity (Wildman–Crippen MR) is 92.0 cm³/mol. The molecule has 114 valence electrons. The number of aryl methyl sites for hydroxylation is 2. The quantitative estimate of drug-likeness (QED) is 0.874. The molecule has 1 saturated heterocycles. The number of hydrogen-bond acceptors (Lipinski definition) is 4. The molecule has 2 rings (SSSR count). The van der Waals surface area contributed by atoms with E-state index in [0.717, 1.165) is 24.6 Å². The number of rotatable bonds is 6. The Kier molecular flexibility index (Phi) is 6.30. The largest absolute Gasteiger partial charge is 0.315 e. The van der Waals surface area contributed by atoms with Crippen LogP contribution in [0, 0.1) is 0 Å². The molecule has 0 amide bonds. The fourth-order valence-corrected chi connectivity index (χ4v) is 5.83. The van der Waals surface area contributed by atoms with E-state index >= 15 is 0 Å². The van der Waals surface area contributed by atoms with Gasteiger partial charge in [0.1, 0.15) is 0 Å². The highest BCUT2D eigenvalue weighted by atomic mass is 32.2. The lowest BCUT2D eigenvalue weighted by Gasteiger charge is -2.34. The average Bonchev–Trinajstić information content (AvgIpc) is 2.88. The van der Waals surface area contributed by atoms with Crippen molar-refractivity contribution in [2.75, 3.05) is 18.6 Å². The average molecular weight is 314 g/mol. The Morgan fingerprint density at radius 3 is 2.75 bits per heavy atom. The molecule has 0 saturated carbocycles. The number of likely N-dealkylation sites (N-methyl/N-ethyl adjacent to an activating group) is 1. The first-order valence-corrected chi connectivity index (χ1v) is 9.75. The van der Waals surface area contributed by atoms with Gasteiger partial charge in [0.05, 0.1) is 5.69 Å². The maximum atomic E-state index is 4.68. The molecule has 0 bridgehead atoms. The summed E-state index contributed by atoms with van der Waals surface area (Å²) in [6, 6.07) is 2.83. The molecule has 1 aliphatic heterocycles. The van der Waals surface area contributed by atoms with Crippen LogP contribution in [0.5, 0.6) is 0 Å². The molecular weight excluding hydrogens is 286 g/mol. The highest BCUT2D eigenvalue weighted by Gasteiger charge is 2.30. The fourth-order valence-electron chi connectivity index (χ4n) is 2.83. The monoisotopic (exact) mass is 313 g/mol. The van der Waals surface area contributed by atoms with Gasteiger partial charge in [0, 0.05) is 46.7 Å². The summed E-state index contributed by atoms with van der Waals surface area (Å²) in [5.74, 6) is 2.58. The van der Waals surface area contributed by atoms with E-state index < -0.39 is 0 Å². The molecule has 1 aromatic rings. The van der Waals surface area contributed by atoms with Gasteiger partial charge in [-0.3, -0.25) is 4.68 Å².